The summed E-state index contributed by atoms with van der Waals surface area (Å²) in [4.78, 5) is 14.2. The van der Waals surface area contributed by atoms with E-state index in [2.05, 4.69) is 0 Å². The normalized spacial score (nSPS) is 15.3. The molecular formula is C21H19Cl2NO3S2. The molecule has 1 heterocycles. The minimum absolute atomic E-state index is 0.166. The number of rotatable bonds is 6. The van der Waals surface area contributed by atoms with Gasteiger partial charge in [-0.2, -0.15) is 0 Å². The van der Waals surface area contributed by atoms with Gasteiger partial charge < -0.3 is 9.47 Å². The molecule has 0 aromatic heterocycles. The topological polar surface area (TPSA) is 38.8 Å². The Balaban J connectivity index is 1.76. The van der Waals surface area contributed by atoms with Gasteiger partial charge in [0.05, 0.1) is 9.93 Å². The molecule has 4 nitrogen and oxygen atoms in total. The molecule has 1 fully saturated rings. The minimum atomic E-state index is -0.166. The largest absolute Gasteiger partial charge is 0.489 e. The van der Waals surface area contributed by atoms with E-state index in [-0.39, 0.29) is 12.5 Å². The van der Waals surface area contributed by atoms with Crippen molar-refractivity contribution in [3.05, 3.63) is 62.0 Å². The lowest BCUT2D eigenvalue weighted by Gasteiger charge is -2.15. The Morgan fingerprint density at radius 3 is 2.31 bits per heavy atom. The molecule has 0 saturated carbocycles. The van der Waals surface area contributed by atoms with Crippen LogP contribution in [0.15, 0.2) is 35.2 Å². The van der Waals surface area contributed by atoms with Gasteiger partial charge in [-0.05, 0) is 43.2 Å². The Hall–Kier alpha value is -1.73. The highest BCUT2D eigenvalue weighted by Crippen LogP contribution is 2.37. The van der Waals surface area contributed by atoms with Crippen LogP contribution in [0.25, 0.3) is 6.08 Å². The lowest BCUT2D eigenvalue weighted by atomic mass is 10.1. The molecule has 3 rings (SSSR count). The number of carbonyl (C=O) groups excluding carboxylic acids is 1. The maximum absolute atomic E-state index is 12.3. The number of likely N-dealkylation sites (N-methyl/N-ethyl adjacent to an activating group) is 1. The van der Waals surface area contributed by atoms with Crippen molar-refractivity contribution >= 4 is 63.5 Å². The fourth-order valence-electron chi connectivity index (χ4n) is 2.84. The Morgan fingerprint density at radius 2 is 1.72 bits per heavy atom. The quantitative estimate of drug-likeness (QED) is 0.300. The second kappa shape index (κ2) is 9.39. The van der Waals surface area contributed by atoms with Crippen LogP contribution in [0.5, 0.6) is 11.5 Å². The number of carbonyl (C=O) groups is 1. The third-order valence-electron chi connectivity index (χ3n) is 4.30. The van der Waals surface area contributed by atoms with Crippen LogP contribution in [-0.4, -0.2) is 35.4 Å². The van der Waals surface area contributed by atoms with Crippen molar-refractivity contribution in [3.63, 3.8) is 0 Å². The van der Waals surface area contributed by atoms with Gasteiger partial charge in [0.15, 0.2) is 0 Å². The molecule has 2 aromatic rings. The van der Waals surface area contributed by atoms with Crippen LogP contribution in [-0.2, 0) is 4.79 Å². The number of halogens is 2. The summed E-state index contributed by atoms with van der Waals surface area (Å²) in [5, 5.41) is 0.815. The number of hydrogen-bond acceptors (Lipinski definition) is 5. The van der Waals surface area contributed by atoms with Gasteiger partial charge in [-0.15, -0.1) is 0 Å². The van der Waals surface area contributed by atoms with Crippen LogP contribution in [0.2, 0.25) is 10.0 Å². The Labute approximate surface area is 189 Å². The van der Waals surface area contributed by atoms with Crippen LogP contribution in [0.3, 0.4) is 0 Å². The SMILES string of the molecule is Cc1cccc(C)c1OCCOc1c(Cl)cc(Cl)cc1/C=C1\SC(=S)N(C)C1=O. The Morgan fingerprint density at radius 1 is 1.10 bits per heavy atom. The monoisotopic (exact) mass is 467 g/mol. The van der Waals surface area contributed by atoms with Gasteiger partial charge >= 0.3 is 0 Å². The van der Waals surface area contributed by atoms with Crippen molar-refractivity contribution in [2.75, 3.05) is 20.3 Å². The van der Waals surface area contributed by atoms with Crippen LogP contribution in [0.1, 0.15) is 16.7 Å². The van der Waals surface area contributed by atoms with Crippen molar-refractivity contribution in [2.45, 2.75) is 13.8 Å². The third-order valence-corrected chi connectivity index (χ3v) is 6.28. The Kier molecular flexibility index (Phi) is 7.11. The molecule has 0 radical (unpaired) electrons. The predicted molar refractivity (Wildman–Crippen MR) is 124 cm³/mol. The number of hydrogen-bond donors (Lipinski definition) is 0. The van der Waals surface area contributed by atoms with E-state index in [0.717, 1.165) is 16.9 Å². The molecule has 0 atom stereocenters. The molecule has 0 spiro atoms. The fraction of sp³-hybridized carbons (Fsp3) is 0.238. The zero-order valence-corrected chi connectivity index (χ0v) is 19.3. The predicted octanol–water partition coefficient (Wildman–Crippen LogP) is 5.90. The molecule has 0 unspecified atom stereocenters. The average molecular weight is 468 g/mol. The molecule has 1 aliphatic heterocycles. The molecule has 152 valence electrons. The fourth-order valence-corrected chi connectivity index (χ4v) is 4.57. The summed E-state index contributed by atoms with van der Waals surface area (Å²) in [5.74, 6) is 1.13. The summed E-state index contributed by atoms with van der Waals surface area (Å²) in [7, 11) is 1.64. The number of aryl methyl sites for hydroxylation is 2. The molecule has 8 heteroatoms. The van der Waals surface area contributed by atoms with E-state index in [0.29, 0.717) is 37.2 Å². The first kappa shape index (κ1) is 22.0. The summed E-state index contributed by atoms with van der Waals surface area (Å²) >= 11 is 18.9. The highest BCUT2D eigenvalue weighted by atomic mass is 35.5. The van der Waals surface area contributed by atoms with Crippen LogP contribution >= 0.6 is 47.2 Å². The van der Waals surface area contributed by atoms with Crippen LogP contribution < -0.4 is 9.47 Å². The van der Waals surface area contributed by atoms with Gasteiger partial charge in [-0.3, -0.25) is 9.69 Å². The van der Waals surface area contributed by atoms with Gasteiger partial charge in [0, 0.05) is 17.6 Å². The summed E-state index contributed by atoms with van der Waals surface area (Å²) in [5.41, 5.74) is 2.75. The van der Waals surface area contributed by atoms with Gasteiger partial charge in [0.1, 0.15) is 29.0 Å². The zero-order chi connectivity index (χ0) is 21.1. The van der Waals surface area contributed by atoms with E-state index >= 15 is 0 Å². The first-order valence-electron chi connectivity index (χ1n) is 8.80. The zero-order valence-electron chi connectivity index (χ0n) is 16.1. The second-order valence-electron chi connectivity index (χ2n) is 6.46. The number of nitrogens with zero attached hydrogens (tertiary/aromatic N) is 1. The maximum atomic E-state index is 12.3. The first-order valence-corrected chi connectivity index (χ1v) is 10.8. The summed E-state index contributed by atoms with van der Waals surface area (Å²) < 4.78 is 12.3. The summed E-state index contributed by atoms with van der Waals surface area (Å²) in [6.07, 6.45) is 1.70. The smallest absolute Gasteiger partial charge is 0.265 e. The van der Waals surface area contributed by atoms with Crippen LogP contribution in [0.4, 0.5) is 0 Å². The standard InChI is InChI=1S/C21H19Cl2NO3S2/c1-12-5-4-6-13(2)18(12)26-7-8-27-19-14(9-15(22)11-16(19)23)10-17-20(25)24(3)21(28)29-17/h4-6,9-11H,7-8H2,1-3H3/b17-10-. The van der Waals surface area contributed by atoms with E-state index in [4.69, 9.17) is 44.9 Å². The molecule has 0 N–H and O–H groups in total. The third kappa shape index (κ3) is 5.07. The van der Waals surface area contributed by atoms with Gasteiger partial charge in [-0.25, -0.2) is 0 Å². The average Bonchev–Trinajstić information content (AvgIpc) is 2.89. The lowest BCUT2D eigenvalue weighted by molar-refractivity contribution is -0.121. The van der Waals surface area contributed by atoms with Crippen molar-refractivity contribution in [3.8, 4) is 11.5 Å². The van der Waals surface area contributed by atoms with E-state index in [9.17, 15) is 4.79 Å². The number of thioether (sulfide) groups is 1. The number of amides is 1. The molecule has 1 amide bonds. The highest BCUT2D eigenvalue weighted by Gasteiger charge is 2.29. The van der Waals surface area contributed by atoms with Crippen molar-refractivity contribution < 1.29 is 14.3 Å². The number of ether oxygens (including phenoxy) is 2. The van der Waals surface area contributed by atoms with Gasteiger partial charge in [0.2, 0.25) is 0 Å². The highest BCUT2D eigenvalue weighted by molar-refractivity contribution is 8.26. The number of benzene rings is 2. The molecule has 0 aliphatic carbocycles. The minimum Gasteiger partial charge on any atom is -0.489 e. The molecule has 1 aliphatic rings. The van der Waals surface area contributed by atoms with Gasteiger partial charge in [0.25, 0.3) is 5.91 Å². The molecule has 0 bridgehead atoms. The van der Waals surface area contributed by atoms with E-state index in [1.165, 1.54) is 16.7 Å². The van der Waals surface area contributed by atoms with Crippen LogP contribution in [0, 0.1) is 13.8 Å². The molecule has 29 heavy (non-hydrogen) atoms. The van der Waals surface area contributed by atoms with E-state index < -0.39 is 0 Å². The van der Waals surface area contributed by atoms with E-state index in [1.54, 1.807) is 25.3 Å². The molecule has 1 saturated heterocycles. The second-order valence-corrected chi connectivity index (χ2v) is 8.98. The summed E-state index contributed by atoms with van der Waals surface area (Å²) in [6.45, 7) is 4.63. The Bertz CT molecular complexity index is 987. The van der Waals surface area contributed by atoms with Crippen molar-refractivity contribution in [1.29, 1.82) is 0 Å². The lowest BCUT2D eigenvalue weighted by Crippen LogP contribution is -2.22. The summed E-state index contributed by atoms with van der Waals surface area (Å²) in [6, 6.07) is 9.31. The number of thiocarbonyl (C=S) groups is 1. The van der Waals surface area contributed by atoms with Crippen molar-refractivity contribution in [1.82, 2.24) is 4.90 Å². The number of para-hydroxylation sites is 1. The van der Waals surface area contributed by atoms with E-state index in [1.807, 2.05) is 32.0 Å². The first-order chi connectivity index (χ1) is 13.8. The maximum Gasteiger partial charge on any atom is 0.265 e. The van der Waals surface area contributed by atoms with Gasteiger partial charge in [-0.1, -0.05) is 65.4 Å². The molecular weight excluding hydrogens is 449 g/mol. The van der Waals surface area contributed by atoms with Crippen molar-refractivity contribution in [2.24, 2.45) is 0 Å². The molecule has 2 aromatic carbocycles.